The predicted molar refractivity (Wildman–Crippen MR) is 78.9 cm³/mol. The van der Waals surface area contributed by atoms with Crippen molar-refractivity contribution in [2.75, 3.05) is 11.9 Å². The van der Waals surface area contributed by atoms with Gasteiger partial charge < -0.3 is 10.6 Å². The summed E-state index contributed by atoms with van der Waals surface area (Å²) in [7, 11) is 0. The molecule has 5 heteroatoms. The summed E-state index contributed by atoms with van der Waals surface area (Å²) in [5.41, 5.74) is 1.49. The number of amides is 1. The number of hydrogen-bond donors (Lipinski definition) is 2. The topological polar surface area (TPSA) is 66.9 Å². The van der Waals surface area contributed by atoms with E-state index >= 15 is 0 Å². The van der Waals surface area contributed by atoms with Gasteiger partial charge >= 0.3 is 0 Å². The molecule has 2 rings (SSSR count). The van der Waals surface area contributed by atoms with Crippen molar-refractivity contribution in [1.29, 1.82) is 0 Å². The Hall–Kier alpha value is -2.43. The van der Waals surface area contributed by atoms with Crippen LogP contribution < -0.4 is 10.6 Å². The number of nitrogens with zero attached hydrogens (tertiary/aromatic N) is 2. The average molecular weight is 270 g/mol. The SMILES string of the molecule is CC(C)CNC(=O)c1ccc(Nc2ncccn2)cc1. The minimum absolute atomic E-state index is 0.0544. The zero-order valence-electron chi connectivity index (χ0n) is 11.6. The van der Waals surface area contributed by atoms with E-state index in [2.05, 4.69) is 34.4 Å². The fourth-order valence-electron chi connectivity index (χ4n) is 1.60. The third kappa shape index (κ3) is 4.05. The highest BCUT2D eigenvalue weighted by Crippen LogP contribution is 2.13. The minimum atomic E-state index is -0.0544. The average Bonchev–Trinajstić information content (AvgIpc) is 2.46. The van der Waals surface area contributed by atoms with Gasteiger partial charge in [0.1, 0.15) is 0 Å². The van der Waals surface area contributed by atoms with E-state index in [-0.39, 0.29) is 5.91 Å². The van der Waals surface area contributed by atoms with Crippen LogP contribution in [0.3, 0.4) is 0 Å². The van der Waals surface area contributed by atoms with Crippen LogP contribution in [-0.2, 0) is 0 Å². The Morgan fingerprint density at radius 1 is 1.15 bits per heavy atom. The summed E-state index contributed by atoms with van der Waals surface area (Å²) in [6, 6.07) is 8.98. The molecule has 20 heavy (non-hydrogen) atoms. The lowest BCUT2D eigenvalue weighted by atomic mass is 10.1. The van der Waals surface area contributed by atoms with E-state index in [0.717, 1.165) is 5.69 Å². The molecule has 0 radical (unpaired) electrons. The van der Waals surface area contributed by atoms with Gasteiger partial charge in [0.15, 0.2) is 0 Å². The fraction of sp³-hybridized carbons (Fsp3) is 0.267. The Balaban J connectivity index is 1.97. The lowest BCUT2D eigenvalue weighted by Gasteiger charge is -2.08. The molecule has 1 amide bonds. The second kappa shape index (κ2) is 6.65. The van der Waals surface area contributed by atoms with Gasteiger partial charge in [-0.2, -0.15) is 0 Å². The molecule has 2 N–H and O–H groups in total. The Morgan fingerprint density at radius 2 is 1.80 bits per heavy atom. The van der Waals surface area contributed by atoms with Gasteiger partial charge in [0, 0.05) is 30.2 Å². The summed E-state index contributed by atoms with van der Waals surface area (Å²) < 4.78 is 0. The minimum Gasteiger partial charge on any atom is -0.352 e. The van der Waals surface area contributed by atoms with Crippen LogP contribution >= 0.6 is 0 Å². The normalized spacial score (nSPS) is 10.3. The van der Waals surface area contributed by atoms with Gasteiger partial charge in [-0.25, -0.2) is 9.97 Å². The maximum Gasteiger partial charge on any atom is 0.251 e. The van der Waals surface area contributed by atoms with Crippen molar-refractivity contribution in [3.8, 4) is 0 Å². The first-order valence-corrected chi connectivity index (χ1v) is 6.57. The van der Waals surface area contributed by atoms with E-state index in [4.69, 9.17) is 0 Å². The zero-order valence-corrected chi connectivity index (χ0v) is 11.6. The second-order valence-corrected chi connectivity index (χ2v) is 4.88. The molecule has 0 bridgehead atoms. The van der Waals surface area contributed by atoms with Gasteiger partial charge in [0.25, 0.3) is 5.91 Å². The monoisotopic (exact) mass is 270 g/mol. The van der Waals surface area contributed by atoms with E-state index in [1.54, 1.807) is 30.6 Å². The highest BCUT2D eigenvalue weighted by Gasteiger charge is 2.06. The molecule has 0 atom stereocenters. The van der Waals surface area contributed by atoms with E-state index in [9.17, 15) is 4.79 Å². The molecule has 0 unspecified atom stereocenters. The standard InChI is InChI=1S/C15H18N4O/c1-11(2)10-18-14(20)12-4-6-13(7-5-12)19-15-16-8-3-9-17-15/h3-9,11H,10H2,1-2H3,(H,18,20)(H,16,17,19). The third-order valence-corrected chi connectivity index (χ3v) is 2.64. The summed E-state index contributed by atoms with van der Waals surface area (Å²) in [4.78, 5) is 20.0. The Morgan fingerprint density at radius 3 is 2.40 bits per heavy atom. The van der Waals surface area contributed by atoms with Crippen molar-refractivity contribution in [3.63, 3.8) is 0 Å². The van der Waals surface area contributed by atoms with Crippen LogP contribution in [-0.4, -0.2) is 22.4 Å². The summed E-state index contributed by atoms with van der Waals surface area (Å²) in [5, 5.41) is 5.95. The van der Waals surface area contributed by atoms with E-state index in [0.29, 0.717) is 24.0 Å². The van der Waals surface area contributed by atoms with Crippen LogP contribution in [0.1, 0.15) is 24.2 Å². The molecule has 0 spiro atoms. The van der Waals surface area contributed by atoms with Crippen molar-refractivity contribution in [2.45, 2.75) is 13.8 Å². The maximum atomic E-state index is 11.9. The lowest BCUT2D eigenvalue weighted by molar-refractivity contribution is 0.0949. The molecule has 1 heterocycles. The number of carbonyl (C=O) groups is 1. The second-order valence-electron chi connectivity index (χ2n) is 4.88. The number of nitrogens with one attached hydrogen (secondary N) is 2. The molecule has 104 valence electrons. The van der Waals surface area contributed by atoms with Gasteiger partial charge in [0.05, 0.1) is 0 Å². The first kappa shape index (κ1) is 14.0. The number of hydrogen-bond acceptors (Lipinski definition) is 4. The zero-order chi connectivity index (χ0) is 14.4. The third-order valence-electron chi connectivity index (χ3n) is 2.64. The van der Waals surface area contributed by atoms with Crippen LogP contribution in [0.2, 0.25) is 0 Å². The molecule has 5 nitrogen and oxygen atoms in total. The number of aromatic nitrogens is 2. The molecule has 2 aromatic rings. The highest BCUT2D eigenvalue weighted by atomic mass is 16.1. The van der Waals surface area contributed by atoms with Crippen molar-refractivity contribution in [3.05, 3.63) is 48.3 Å². The molecule has 1 aromatic heterocycles. The maximum absolute atomic E-state index is 11.9. The summed E-state index contributed by atoms with van der Waals surface area (Å²) >= 11 is 0. The number of rotatable bonds is 5. The highest BCUT2D eigenvalue weighted by molar-refractivity contribution is 5.94. The first-order valence-electron chi connectivity index (χ1n) is 6.57. The molecule has 0 saturated carbocycles. The molecule has 0 aliphatic carbocycles. The largest absolute Gasteiger partial charge is 0.352 e. The van der Waals surface area contributed by atoms with Crippen LogP contribution in [0, 0.1) is 5.92 Å². The van der Waals surface area contributed by atoms with Crippen molar-refractivity contribution in [1.82, 2.24) is 15.3 Å². The van der Waals surface area contributed by atoms with E-state index in [1.807, 2.05) is 12.1 Å². The molecule has 0 fully saturated rings. The van der Waals surface area contributed by atoms with Crippen LogP contribution in [0.4, 0.5) is 11.6 Å². The van der Waals surface area contributed by atoms with Gasteiger partial charge in [-0.15, -0.1) is 0 Å². The predicted octanol–water partition coefficient (Wildman–Crippen LogP) is 2.61. The molecular formula is C15H18N4O. The van der Waals surface area contributed by atoms with Crippen LogP contribution in [0.25, 0.3) is 0 Å². The summed E-state index contributed by atoms with van der Waals surface area (Å²) in [6.45, 7) is 4.80. The van der Waals surface area contributed by atoms with Gasteiger partial charge in [-0.3, -0.25) is 4.79 Å². The van der Waals surface area contributed by atoms with Gasteiger partial charge in [-0.1, -0.05) is 13.8 Å². The molecule has 1 aromatic carbocycles. The Bertz CT molecular complexity index is 552. The lowest BCUT2D eigenvalue weighted by Crippen LogP contribution is -2.27. The molecular weight excluding hydrogens is 252 g/mol. The first-order chi connectivity index (χ1) is 9.65. The Labute approximate surface area is 118 Å². The number of anilines is 2. The van der Waals surface area contributed by atoms with E-state index < -0.39 is 0 Å². The number of carbonyl (C=O) groups excluding carboxylic acids is 1. The van der Waals surface area contributed by atoms with Crippen molar-refractivity contribution >= 4 is 17.5 Å². The molecule has 0 saturated heterocycles. The van der Waals surface area contributed by atoms with Crippen molar-refractivity contribution < 1.29 is 4.79 Å². The Kier molecular flexibility index (Phi) is 4.65. The molecule has 0 aliphatic rings. The van der Waals surface area contributed by atoms with Gasteiger partial charge in [-0.05, 0) is 36.2 Å². The fourth-order valence-corrected chi connectivity index (χ4v) is 1.60. The van der Waals surface area contributed by atoms with Crippen LogP contribution in [0.5, 0.6) is 0 Å². The van der Waals surface area contributed by atoms with Crippen molar-refractivity contribution in [2.24, 2.45) is 5.92 Å². The van der Waals surface area contributed by atoms with Crippen LogP contribution in [0.15, 0.2) is 42.7 Å². The quantitative estimate of drug-likeness (QED) is 0.876. The molecule has 0 aliphatic heterocycles. The summed E-state index contributed by atoms with van der Waals surface area (Å²) in [5.74, 6) is 0.917. The number of benzene rings is 1. The van der Waals surface area contributed by atoms with E-state index in [1.165, 1.54) is 0 Å². The van der Waals surface area contributed by atoms with Gasteiger partial charge in [0.2, 0.25) is 5.95 Å². The smallest absolute Gasteiger partial charge is 0.251 e. The summed E-state index contributed by atoms with van der Waals surface area (Å²) in [6.07, 6.45) is 3.34.